The Bertz CT molecular complexity index is 499. The summed E-state index contributed by atoms with van der Waals surface area (Å²) >= 11 is 5.70. The van der Waals surface area contributed by atoms with Gasteiger partial charge in [0.15, 0.2) is 0 Å². The van der Waals surface area contributed by atoms with Crippen LogP contribution in [-0.2, 0) is 5.88 Å². The second-order valence-electron chi connectivity index (χ2n) is 3.36. The molecular weight excluding hydrogens is 234 g/mol. The van der Waals surface area contributed by atoms with Crippen LogP contribution < -0.4 is 4.74 Å². The van der Waals surface area contributed by atoms with Gasteiger partial charge in [-0.1, -0.05) is 18.2 Å². The monoisotopic (exact) mass is 242 g/mol. The van der Waals surface area contributed by atoms with E-state index in [0.29, 0.717) is 5.88 Å². The number of hydrogen-bond donors (Lipinski definition) is 0. The molecule has 84 valence electrons. The molecule has 0 aromatic heterocycles. The second-order valence-corrected chi connectivity index (χ2v) is 3.62. The highest BCUT2D eigenvalue weighted by atomic mass is 35.5. The number of rotatable bonds is 3. The van der Waals surface area contributed by atoms with Gasteiger partial charge in [-0.05, 0) is 34.5 Å². The molecule has 0 saturated carbocycles. The first-order valence-corrected chi connectivity index (χ1v) is 5.26. The average molecular weight is 243 g/mol. The van der Waals surface area contributed by atoms with Gasteiger partial charge in [-0.3, -0.25) is 0 Å². The van der Waals surface area contributed by atoms with Crippen LogP contribution in [0.15, 0.2) is 36.4 Å². The highest BCUT2D eigenvalue weighted by Gasteiger charge is 2.04. The molecule has 0 unspecified atom stereocenters. The van der Waals surface area contributed by atoms with Crippen molar-refractivity contribution in [2.24, 2.45) is 0 Å². The minimum Gasteiger partial charge on any atom is -0.435 e. The number of hydrogen-bond acceptors (Lipinski definition) is 1. The predicted molar refractivity (Wildman–Crippen MR) is 60.1 cm³/mol. The Morgan fingerprint density at radius 1 is 1.06 bits per heavy atom. The molecule has 0 bridgehead atoms. The van der Waals surface area contributed by atoms with Crippen molar-refractivity contribution in [3.63, 3.8) is 0 Å². The summed E-state index contributed by atoms with van der Waals surface area (Å²) < 4.78 is 28.4. The third kappa shape index (κ3) is 2.42. The van der Waals surface area contributed by atoms with Gasteiger partial charge in [-0.25, -0.2) is 0 Å². The largest absolute Gasteiger partial charge is 0.435 e. The summed E-state index contributed by atoms with van der Waals surface area (Å²) in [5, 5.41) is 1.81. The molecule has 0 heterocycles. The van der Waals surface area contributed by atoms with Gasteiger partial charge in [-0.15, -0.1) is 11.6 Å². The van der Waals surface area contributed by atoms with E-state index >= 15 is 0 Å². The molecule has 0 spiro atoms. The SMILES string of the molecule is FC(F)Oc1ccc2ccc(CCl)cc2c1. The Labute approximate surface area is 96.6 Å². The lowest BCUT2D eigenvalue weighted by molar-refractivity contribution is -0.0497. The fraction of sp³-hybridized carbons (Fsp3) is 0.167. The van der Waals surface area contributed by atoms with E-state index < -0.39 is 6.61 Å². The molecule has 2 aromatic carbocycles. The molecule has 0 radical (unpaired) electrons. The van der Waals surface area contributed by atoms with E-state index in [2.05, 4.69) is 4.74 Å². The molecule has 0 amide bonds. The molecular formula is C12H9ClF2O. The van der Waals surface area contributed by atoms with Crippen LogP contribution in [0.4, 0.5) is 8.78 Å². The minimum atomic E-state index is -2.80. The summed E-state index contributed by atoms with van der Waals surface area (Å²) in [4.78, 5) is 0. The van der Waals surface area contributed by atoms with E-state index in [4.69, 9.17) is 11.6 Å². The van der Waals surface area contributed by atoms with Gasteiger partial charge < -0.3 is 4.74 Å². The lowest BCUT2D eigenvalue weighted by atomic mass is 10.1. The lowest BCUT2D eigenvalue weighted by Gasteiger charge is -2.06. The molecule has 0 aliphatic heterocycles. The van der Waals surface area contributed by atoms with Crippen molar-refractivity contribution < 1.29 is 13.5 Å². The maximum absolute atomic E-state index is 12.0. The summed E-state index contributed by atoms with van der Waals surface area (Å²) in [6, 6.07) is 10.5. The third-order valence-corrected chi connectivity index (χ3v) is 2.56. The first-order chi connectivity index (χ1) is 7.69. The molecule has 0 N–H and O–H groups in total. The Hall–Kier alpha value is -1.35. The zero-order valence-corrected chi connectivity index (χ0v) is 9.05. The summed E-state index contributed by atoms with van der Waals surface area (Å²) in [6.45, 7) is -2.80. The zero-order valence-electron chi connectivity index (χ0n) is 8.29. The van der Waals surface area contributed by atoms with Crippen molar-refractivity contribution in [2.75, 3.05) is 0 Å². The van der Waals surface area contributed by atoms with Crippen molar-refractivity contribution >= 4 is 22.4 Å². The molecule has 2 rings (SSSR count). The van der Waals surface area contributed by atoms with Gasteiger partial charge in [0.05, 0.1) is 0 Å². The van der Waals surface area contributed by atoms with Crippen LogP contribution in [0.25, 0.3) is 10.8 Å². The van der Waals surface area contributed by atoms with Crippen LogP contribution in [0.1, 0.15) is 5.56 Å². The Balaban J connectivity index is 2.42. The number of halogens is 3. The first-order valence-electron chi connectivity index (χ1n) is 4.72. The van der Waals surface area contributed by atoms with E-state index in [1.54, 1.807) is 12.1 Å². The summed E-state index contributed by atoms with van der Waals surface area (Å²) in [5.41, 5.74) is 0.948. The number of fused-ring (bicyclic) bond motifs is 1. The molecule has 4 heteroatoms. The van der Waals surface area contributed by atoms with E-state index in [0.717, 1.165) is 16.3 Å². The molecule has 0 aliphatic carbocycles. The third-order valence-electron chi connectivity index (χ3n) is 2.26. The van der Waals surface area contributed by atoms with Crippen molar-refractivity contribution in [1.29, 1.82) is 0 Å². The van der Waals surface area contributed by atoms with E-state index in [9.17, 15) is 8.78 Å². The van der Waals surface area contributed by atoms with Crippen LogP contribution >= 0.6 is 11.6 Å². The smallest absolute Gasteiger partial charge is 0.387 e. The van der Waals surface area contributed by atoms with Gasteiger partial charge in [0.1, 0.15) is 5.75 Å². The molecule has 1 nitrogen and oxygen atoms in total. The van der Waals surface area contributed by atoms with Crippen LogP contribution in [0.3, 0.4) is 0 Å². The van der Waals surface area contributed by atoms with Crippen molar-refractivity contribution in [3.05, 3.63) is 42.0 Å². The minimum absolute atomic E-state index is 0.161. The van der Waals surface area contributed by atoms with Crippen molar-refractivity contribution in [1.82, 2.24) is 0 Å². The van der Waals surface area contributed by atoms with Gasteiger partial charge in [0.2, 0.25) is 0 Å². The average Bonchev–Trinajstić information content (AvgIpc) is 2.27. The number of alkyl halides is 3. The van der Waals surface area contributed by atoms with E-state index in [1.165, 1.54) is 6.07 Å². The maximum atomic E-state index is 12.0. The first kappa shape index (κ1) is 11.1. The van der Waals surface area contributed by atoms with Gasteiger partial charge in [-0.2, -0.15) is 8.78 Å². The molecule has 2 aromatic rings. The molecule has 16 heavy (non-hydrogen) atoms. The van der Waals surface area contributed by atoms with Crippen molar-refractivity contribution in [3.8, 4) is 5.75 Å². The predicted octanol–water partition coefficient (Wildman–Crippen LogP) is 4.18. The van der Waals surface area contributed by atoms with E-state index in [-0.39, 0.29) is 5.75 Å². The Morgan fingerprint density at radius 2 is 1.81 bits per heavy atom. The molecule has 0 aliphatic rings. The van der Waals surface area contributed by atoms with Gasteiger partial charge >= 0.3 is 6.61 Å². The summed E-state index contributed by atoms with van der Waals surface area (Å²) in [5.74, 6) is 0.560. The van der Waals surface area contributed by atoms with E-state index in [1.807, 2.05) is 18.2 Å². The Morgan fingerprint density at radius 3 is 2.50 bits per heavy atom. The standard InChI is InChI=1S/C12H9ClF2O/c13-7-8-1-2-9-3-4-11(16-12(14)15)6-10(9)5-8/h1-6,12H,7H2. The number of benzene rings is 2. The molecule has 0 saturated heterocycles. The highest BCUT2D eigenvalue weighted by molar-refractivity contribution is 6.17. The molecule has 0 fully saturated rings. The zero-order chi connectivity index (χ0) is 11.5. The summed E-state index contributed by atoms with van der Waals surface area (Å²) in [6.07, 6.45) is 0. The molecule has 0 atom stereocenters. The normalized spacial score (nSPS) is 11.0. The lowest BCUT2D eigenvalue weighted by Crippen LogP contribution is -2.01. The van der Waals surface area contributed by atoms with Crippen LogP contribution in [0.5, 0.6) is 5.75 Å². The summed E-state index contributed by atoms with van der Waals surface area (Å²) in [7, 11) is 0. The Kier molecular flexibility index (Phi) is 3.25. The highest BCUT2D eigenvalue weighted by Crippen LogP contribution is 2.23. The fourth-order valence-corrected chi connectivity index (χ4v) is 1.70. The number of ether oxygens (including phenoxy) is 1. The van der Waals surface area contributed by atoms with Crippen LogP contribution in [0.2, 0.25) is 0 Å². The topological polar surface area (TPSA) is 9.23 Å². The maximum Gasteiger partial charge on any atom is 0.387 e. The van der Waals surface area contributed by atoms with Crippen LogP contribution in [0, 0.1) is 0 Å². The van der Waals surface area contributed by atoms with Gasteiger partial charge in [0, 0.05) is 5.88 Å². The van der Waals surface area contributed by atoms with Crippen molar-refractivity contribution in [2.45, 2.75) is 12.5 Å². The van der Waals surface area contributed by atoms with Gasteiger partial charge in [0.25, 0.3) is 0 Å². The quantitative estimate of drug-likeness (QED) is 0.734. The second kappa shape index (κ2) is 4.66. The fourth-order valence-electron chi connectivity index (χ4n) is 1.53. The van der Waals surface area contributed by atoms with Crippen LogP contribution in [-0.4, -0.2) is 6.61 Å².